The molecule has 0 aliphatic rings. The molecule has 0 radical (unpaired) electrons. The van der Waals surface area contributed by atoms with Gasteiger partial charge in [0.25, 0.3) is 0 Å². The van der Waals surface area contributed by atoms with Crippen molar-refractivity contribution in [2.45, 2.75) is 19.5 Å². The van der Waals surface area contributed by atoms with Crippen LogP contribution in [0.1, 0.15) is 6.92 Å². The lowest BCUT2D eigenvalue weighted by Crippen LogP contribution is -1.96. The third kappa shape index (κ3) is 9.20. The van der Waals surface area contributed by atoms with Gasteiger partial charge in [-0.3, -0.25) is 0 Å². The highest BCUT2D eigenvalue weighted by atomic mass is 28.3. The van der Waals surface area contributed by atoms with Crippen molar-refractivity contribution in [3.63, 3.8) is 0 Å². The van der Waals surface area contributed by atoms with Crippen LogP contribution in [0.4, 0.5) is 0 Å². The third-order valence-electron chi connectivity index (χ3n) is 1.05. The van der Waals surface area contributed by atoms with Crippen LogP contribution < -0.4 is 0 Å². The summed E-state index contributed by atoms with van der Waals surface area (Å²) in [5, 5.41) is 0. The summed E-state index contributed by atoms with van der Waals surface area (Å²) in [5.74, 6) is 0. The molecule has 0 nitrogen and oxygen atoms in total. The third-order valence-corrected chi connectivity index (χ3v) is 3.14. The second kappa shape index (κ2) is 9.85. The molecule has 1 heteroatoms. The summed E-state index contributed by atoms with van der Waals surface area (Å²) < 4.78 is 0. The predicted octanol–water partition coefficient (Wildman–Crippen LogP) is 2.39. The Bertz CT molecular complexity index is 50.3. The summed E-state index contributed by atoms with van der Waals surface area (Å²) in [6.07, 6.45) is 0. The van der Waals surface area contributed by atoms with E-state index < -0.39 is 8.80 Å². The van der Waals surface area contributed by atoms with Crippen LogP contribution in [0, 0.1) is 0 Å². The maximum Gasteiger partial charge on any atom is 0.0574 e. The molecule has 48 valence electrons. The summed E-state index contributed by atoms with van der Waals surface area (Å²) in [4.78, 5) is 0. The van der Waals surface area contributed by atoms with Gasteiger partial charge in [0.1, 0.15) is 0 Å². The highest BCUT2D eigenvalue weighted by Crippen LogP contribution is 1.87. The van der Waals surface area contributed by atoms with Crippen LogP contribution in [0.2, 0.25) is 12.6 Å². The molecule has 8 heavy (non-hydrogen) atoms. The molecule has 0 amide bonds. The van der Waals surface area contributed by atoms with Crippen molar-refractivity contribution in [1.29, 1.82) is 0 Å². The van der Waals surface area contributed by atoms with Crippen molar-refractivity contribution in [1.82, 2.24) is 0 Å². The fourth-order valence-corrected chi connectivity index (χ4v) is 0.500. The number of hydrogen-bond donors (Lipinski definition) is 0. The summed E-state index contributed by atoms with van der Waals surface area (Å²) >= 11 is 0. The fourth-order valence-electron chi connectivity index (χ4n) is 0.167. The normalized spacial score (nSPS) is 10.8. The van der Waals surface area contributed by atoms with Crippen LogP contribution in [0.25, 0.3) is 0 Å². The Balaban J connectivity index is 0. The predicted molar refractivity (Wildman–Crippen MR) is 44.9 cm³/mol. The summed E-state index contributed by atoms with van der Waals surface area (Å²) in [6.45, 7) is 14.2. The summed E-state index contributed by atoms with van der Waals surface area (Å²) in [7, 11) is -0.397. The van der Waals surface area contributed by atoms with E-state index in [9.17, 15) is 0 Å². The zero-order valence-electron chi connectivity index (χ0n) is 5.98. The molecule has 0 saturated carbocycles. The van der Waals surface area contributed by atoms with Crippen molar-refractivity contribution in [3.05, 3.63) is 25.4 Å². The van der Waals surface area contributed by atoms with Gasteiger partial charge in [-0.25, -0.2) is 0 Å². The van der Waals surface area contributed by atoms with Gasteiger partial charge in [0.15, 0.2) is 0 Å². The van der Waals surface area contributed by atoms with Crippen molar-refractivity contribution in [2.75, 3.05) is 0 Å². The molecule has 0 spiro atoms. The van der Waals surface area contributed by atoms with Gasteiger partial charge >= 0.3 is 0 Å². The Morgan fingerprint density at radius 1 is 1.50 bits per heavy atom. The first-order valence-electron chi connectivity index (χ1n) is 2.93. The maximum absolute atomic E-state index is 3.69. The van der Waals surface area contributed by atoms with Gasteiger partial charge in [-0.2, -0.15) is 0 Å². The van der Waals surface area contributed by atoms with Crippen molar-refractivity contribution >= 4 is 8.80 Å². The van der Waals surface area contributed by atoms with Gasteiger partial charge in [0.05, 0.1) is 8.80 Å². The molecule has 0 heterocycles. The largest absolute Gasteiger partial charge is 0.107 e. The number of rotatable bonds is 2. The Labute approximate surface area is 54.5 Å². The molecule has 0 aromatic carbocycles. The number of hydrogen-bond acceptors (Lipinski definition) is 0. The average molecular weight is 128 g/mol. The van der Waals surface area contributed by atoms with Gasteiger partial charge in [0, 0.05) is 0 Å². The molecule has 0 saturated heterocycles. The van der Waals surface area contributed by atoms with Gasteiger partial charge in [-0.05, 0) is 0 Å². The molecule has 1 atom stereocenters. The van der Waals surface area contributed by atoms with E-state index in [0.717, 1.165) is 0 Å². The highest BCUT2D eigenvalue weighted by molar-refractivity contribution is 6.62. The highest BCUT2D eigenvalue weighted by Gasteiger charge is 1.87. The molecule has 0 rings (SSSR count). The lowest BCUT2D eigenvalue weighted by Gasteiger charge is -1.91. The summed E-state index contributed by atoms with van der Waals surface area (Å²) in [6, 6.07) is 1.35. The van der Waals surface area contributed by atoms with Crippen LogP contribution in [0.3, 0.4) is 0 Å². The monoisotopic (exact) mass is 128 g/mol. The molecule has 0 aliphatic heterocycles. The van der Waals surface area contributed by atoms with Gasteiger partial charge < -0.3 is 0 Å². The first kappa shape index (κ1) is 10.6. The molecule has 0 aliphatic carbocycles. The lowest BCUT2D eigenvalue weighted by atomic mass is 11.0. The fraction of sp³-hybridized carbons (Fsp3) is 0.429. The second-order valence-corrected chi connectivity index (χ2v) is 4.86. The summed E-state index contributed by atoms with van der Waals surface area (Å²) in [5.41, 5.74) is 2.11. The first-order chi connectivity index (χ1) is 3.81. The van der Waals surface area contributed by atoms with Crippen molar-refractivity contribution in [3.8, 4) is 0 Å². The van der Waals surface area contributed by atoms with Gasteiger partial charge in [-0.1, -0.05) is 19.5 Å². The average Bonchev–Trinajstić information content (AvgIpc) is 1.91. The molecular weight excluding hydrogens is 112 g/mol. The Morgan fingerprint density at radius 2 is 1.88 bits per heavy atom. The van der Waals surface area contributed by atoms with Gasteiger partial charge in [-0.15, -0.1) is 25.4 Å². The quantitative estimate of drug-likeness (QED) is 0.396. The van der Waals surface area contributed by atoms with E-state index in [-0.39, 0.29) is 0 Å². The molecule has 0 aromatic rings. The maximum atomic E-state index is 3.69. The van der Waals surface area contributed by atoms with Gasteiger partial charge in [0.2, 0.25) is 0 Å². The van der Waals surface area contributed by atoms with Crippen LogP contribution in [0.5, 0.6) is 0 Å². The van der Waals surface area contributed by atoms with E-state index in [4.69, 9.17) is 0 Å². The molecule has 0 aromatic heterocycles. The van der Waals surface area contributed by atoms with Crippen LogP contribution in [0.15, 0.2) is 25.4 Å². The van der Waals surface area contributed by atoms with E-state index in [0.29, 0.717) is 0 Å². The van der Waals surface area contributed by atoms with Crippen LogP contribution in [-0.2, 0) is 0 Å². The zero-order chi connectivity index (χ0) is 6.99. The van der Waals surface area contributed by atoms with E-state index in [1.54, 1.807) is 0 Å². The minimum atomic E-state index is -0.397. The van der Waals surface area contributed by atoms with Crippen LogP contribution >= 0.6 is 0 Å². The molecule has 0 bridgehead atoms. The minimum Gasteiger partial charge on any atom is -0.107 e. The Kier molecular flexibility index (Phi) is 13.1. The Hall–Kier alpha value is -0.303. The van der Waals surface area contributed by atoms with E-state index in [1.165, 1.54) is 6.04 Å². The molecule has 0 N–H and O–H groups in total. The van der Waals surface area contributed by atoms with Crippen LogP contribution in [-0.4, -0.2) is 8.80 Å². The Morgan fingerprint density at radius 3 is 1.88 bits per heavy atom. The van der Waals surface area contributed by atoms with Crippen molar-refractivity contribution in [2.24, 2.45) is 0 Å². The first-order valence-corrected chi connectivity index (χ1v) is 5.57. The molecular formula is C7H16Si. The zero-order valence-corrected chi connectivity index (χ0v) is 7.14. The van der Waals surface area contributed by atoms with E-state index in [1.807, 2.05) is 0 Å². The molecule has 1 unspecified atom stereocenters. The minimum absolute atomic E-state index is 0.397. The molecule has 0 fully saturated rings. The smallest absolute Gasteiger partial charge is 0.0574 e. The topological polar surface area (TPSA) is 0 Å². The van der Waals surface area contributed by atoms with E-state index >= 15 is 0 Å². The van der Waals surface area contributed by atoms with Crippen molar-refractivity contribution < 1.29 is 0 Å². The van der Waals surface area contributed by atoms with E-state index in [2.05, 4.69) is 38.9 Å². The standard InChI is InChI=1S/C5H12Si.C2H4/c1-4-6(3)5-2;1-2/h4,6H,1,5H2,2-3H3;1-2H2. The lowest BCUT2D eigenvalue weighted by molar-refractivity contribution is 1.43. The SMILES string of the molecule is C=C.C=C[SiH](C)CC. The second-order valence-electron chi connectivity index (χ2n) is 1.62.